The van der Waals surface area contributed by atoms with Crippen LogP contribution in [0.15, 0.2) is 53.4 Å². The predicted molar refractivity (Wildman–Crippen MR) is 131 cm³/mol. The van der Waals surface area contributed by atoms with Gasteiger partial charge in [-0.05, 0) is 61.7 Å². The van der Waals surface area contributed by atoms with Gasteiger partial charge in [-0.15, -0.1) is 0 Å². The fourth-order valence-corrected chi connectivity index (χ4v) is 6.44. The molecule has 0 spiro atoms. The quantitative estimate of drug-likeness (QED) is 0.571. The molecule has 2 heterocycles. The van der Waals surface area contributed by atoms with Crippen molar-refractivity contribution < 1.29 is 22.7 Å². The second-order valence-corrected chi connectivity index (χ2v) is 11.5. The summed E-state index contributed by atoms with van der Waals surface area (Å²) < 4.78 is 40.0. The van der Waals surface area contributed by atoms with E-state index in [0.717, 1.165) is 5.56 Å². The van der Waals surface area contributed by atoms with Crippen LogP contribution in [0.1, 0.15) is 24.8 Å². The van der Waals surface area contributed by atoms with Crippen LogP contribution in [-0.2, 0) is 19.6 Å². The van der Waals surface area contributed by atoms with E-state index in [4.69, 9.17) is 21.1 Å². The number of aryl methyl sites for hydroxylation is 1. The molecule has 2 aromatic carbocycles. The zero-order valence-corrected chi connectivity index (χ0v) is 21.0. The summed E-state index contributed by atoms with van der Waals surface area (Å²) in [6.45, 7) is 4.92. The smallest absolute Gasteiger partial charge is 0.243 e. The summed E-state index contributed by atoms with van der Waals surface area (Å²) in [7, 11) is -3.69. The van der Waals surface area contributed by atoms with Gasteiger partial charge in [-0.1, -0.05) is 23.7 Å². The molecule has 2 aliphatic heterocycles. The highest BCUT2D eigenvalue weighted by molar-refractivity contribution is 7.89. The summed E-state index contributed by atoms with van der Waals surface area (Å²) in [6.07, 6.45) is 1.59. The third-order valence-corrected chi connectivity index (χ3v) is 8.60. The normalized spacial score (nSPS) is 21.9. The van der Waals surface area contributed by atoms with E-state index in [1.165, 1.54) is 4.31 Å². The Balaban J connectivity index is 1.58. The molecule has 34 heavy (non-hydrogen) atoms. The Kier molecular flexibility index (Phi) is 7.82. The lowest BCUT2D eigenvalue weighted by atomic mass is 9.78. The summed E-state index contributed by atoms with van der Waals surface area (Å²) >= 11 is 5.99. The van der Waals surface area contributed by atoms with Crippen LogP contribution in [0.3, 0.4) is 0 Å². The highest BCUT2D eigenvalue weighted by Crippen LogP contribution is 2.37. The van der Waals surface area contributed by atoms with E-state index >= 15 is 0 Å². The van der Waals surface area contributed by atoms with E-state index in [2.05, 4.69) is 0 Å². The molecular formula is C25H31ClN2O5S. The first-order chi connectivity index (χ1) is 16.3. The van der Waals surface area contributed by atoms with Crippen molar-refractivity contribution in [3.63, 3.8) is 0 Å². The maximum atomic E-state index is 13.5. The van der Waals surface area contributed by atoms with Crippen LogP contribution in [0, 0.1) is 12.3 Å². The fraction of sp³-hybridized carbons (Fsp3) is 0.480. The third kappa shape index (κ3) is 5.92. The number of ether oxygens (including phenoxy) is 2. The van der Waals surface area contributed by atoms with Gasteiger partial charge in [0, 0.05) is 43.0 Å². The van der Waals surface area contributed by atoms with Crippen molar-refractivity contribution in [3.8, 4) is 5.75 Å². The minimum absolute atomic E-state index is 0.0119. The first kappa shape index (κ1) is 25.0. The number of carbonyl (C=O) groups is 1. The molecule has 0 radical (unpaired) electrons. The Morgan fingerprint density at radius 1 is 1.12 bits per heavy atom. The van der Waals surface area contributed by atoms with Gasteiger partial charge in [-0.3, -0.25) is 4.79 Å². The van der Waals surface area contributed by atoms with Crippen molar-refractivity contribution in [3.05, 3.63) is 59.1 Å². The van der Waals surface area contributed by atoms with Gasteiger partial charge in [-0.2, -0.15) is 4.31 Å². The van der Waals surface area contributed by atoms with Crippen molar-refractivity contribution in [2.45, 2.75) is 31.1 Å². The van der Waals surface area contributed by atoms with E-state index in [1.807, 2.05) is 17.9 Å². The molecule has 7 nitrogen and oxygen atoms in total. The number of carbonyl (C=O) groups excluding carboxylic acids is 1. The van der Waals surface area contributed by atoms with Gasteiger partial charge < -0.3 is 14.4 Å². The van der Waals surface area contributed by atoms with Crippen LogP contribution in [0.2, 0.25) is 5.02 Å². The van der Waals surface area contributed by atoms with Gasteiger partial charge in [0.15, 0.2) is 0 Å². The van der Waals surface area contributed by atoms with Gasteiger partial charge in [-0.25, -0.2) is 8.42 Å². The van der Waals surface area contributed by atoms with E-state index in [9.17, 15) is 13.2 Å². The van der Waals surface area contributed by atoms with Crippen LogP contribution in [0.5, 0.6) is 5.75 Å². The lowest BCUT2D eigenvalue weighted by Gasteiger charge is -2.42. The number of halogens is 1. The minimum atomic E-state index is -3.69. The lowest BCUT2D eigenvalue weighted by Crippen LogP contribution is -2.51. The second kappa shape index (κ2) is 10.6. The molecule has 9 heteroatoms. The molecule has 1 atom stereocenters. The number of morpholine rings is 1. The van der Waals surface area contributed by atoms with Crippen molar-refractivity contribution in [1.82, 2.24) is 9.21 Å². The number of piperidine rings is 1. The first-order valence-corrected chi connectivity index (χ1v) is 13.4. The number of benzene rings is 2. The average molecular weight is 507 g/mol. The number of rotatable bonds is 7. The van der Waals surface area contributed by atoms with Gasteiger partial charge in [0.25, 0.3) is 0 Å². The largest absolute Gasteiger partial charge is 0.493 e. The highest BCUT2D eigenvalue weighted by atomic mass is 35.5. The second-order valence-electron chi connectivity index (χ2n) is 9.17. The molecule has 1 unspecified atom stereocenters. The number of hydrogen-bond acceptors (Lipinski definition) is 5. The Bertz CT molecular complexity index is 1100. The molecule has 0 aromatic heterocycles. The molecular weight excluding hydrogens is 476 g/mol. The summed E-state index contributed by atoms with van der Waals surface area (Å²) in [6, 6.07) is 14.0. The molecule has 2 fully saturated rings. The van der Waals surface area contributed by atoms with Crippen LogP contribution in [0.25, 0.3) is 0 Å². The molecule has 0 bridgehead atoms. The standard InChI is InChI=1S/C25H31ClN2O5S/c1-20-4-2-5-23(16-20)34(30,31)28-11-3-10-25(18-28,17-24(29)27-12-14-32-15-13-27)19-33-22-8-6-21(26)7-9-22/h2,4-9,16H,3,10-15,17-19H2,1H3. The zero-order chi connectivity index (χ0) is 24.2. The third-order valence-electron chi connectivity index (χ3n) is 6.50. The van der Waals surface area contributed by atoms with E-state index in [0.29, 0.717) is 56.5 Å². The van der Waals surface area contributed by atoms with Crippen molar-refractivity contribution in [2.75, 3.05) is 46.0 Å². The molecule has 2 saturated heterocycles. The zero-order valence-electron chi connectivity index (χ0n) is 19.4. The molecule has 2 aromatic rings. The van der Waals surface area contributed by atoms with Crippen LogP contribution < -0.4 is 4.74 Å². The number of amides is 1. The Morgan fingerprint density at radius 2 is 1.85 bits per heavy atom. The van der Waals surface area contributed by atoms with Crippen LogP contribution in [-0.4, -0.2) is 69.5 Å². The number of nitrogens with zero attached hydrogens (tertiary/aromatic N) is 2. The highest BCUT2D eigenvalue weighted by Gasteiger charge is 2.43. The van der Waals surface area contributed by atoms with Gasteiger partial charge in [0.1, 0.15) is 5.75 Å². The summed E-state index contributed by atoms with van der Waals surface area (Å²) in [4.78, 5) is 15.3. The SMILES string of the molecule is Cc1cccc(S(=O)(=O)N2CCCC(COc3ccc(Cl)cc3)(CC(=O)N3CCOCC3)C2)c1. The average Bonchev–Trinajstić information content (AvgIpc) is 2.84. The summed E-state index contributed by atoms with van der Waals surface area (Å²) in [5.41, 5.74) is 0.252. The molecule has 4 rings (SSSR count). The van der Waals surface area contributed by atoms with Gasteiger partial charge in [0.2, 0.25) is 15.9 Å². The van der Waals surface area contributed by atoms with E-state index in [1.54, 1.807) is 42.5 Å². The molecule has 0 aliphatic carbocycles. The maximum Gasteiger partial charge on any atom is 0.243 e. The van der Waals surface area contributed by atoms with E-state index < -0.39 is 15.4 Å². The van der Waals surface area contributed by atoms with Crippen molar-refractivity contribution >= 4 is 27.5 Å². The first-order valence-electron chi connectivity index (χ1n) is 11.6. The van der Waals surface area contributed by atoms with Gasteiger partial charge in [0.05, 0.1) is 24.7 Å². The molecule has 0 N–H and O–H groups in total. The fourth-order valence-electron chi connectivity index (χ4n) is 4.62. The van der Waals surface area contributed by atoms with Gasteiger partial charge >= 0.3 is 0 Å². The Labute approximate surface area is 206 Å². The molecule has 0 saturated carbocycles. The topological polar surface area (TPSA) is 76.2 Å². The molecule has 2 aliphatic rings. The van der Waals surface area contributed by atoms with E-state index in [-0.39, 0.29) is 30.4 Å². The predicted octanol–water partition coefficient (Wildman–Crippen LogP) is 3.75. The lowest BCUT2D eigenvalue weighted by molar-refractivity contribution is -0.139. The maximum absolute atomic E-state index is 13.5. The molecule has 1 amide bonds. The van der Waals surface area contributed by atoms with Crippen molar-refractivity contribution in [2.24, 2.45) is 5.41 Å². The number of sulfonamides is 1. The summed E-state index contributed by atoms with van der Waals surface area (Å²) in [5.74, 6) is 0.652. The number of hydrogen-bond donors (Lipinski definition) is 0. The van der Waals surface area contributed by atoms with Crippen LogP contribution >= 0.6 is 11.6 Å². The minimum Gasteiger partial charge on any atom is -0.493 e. The monoisotopic (exact) mass is 506 g/mol. The van der Waals surface area contributed by atoms with Crippen LogP contribution in [0.4, 0.5) is 0 Å². The summed E-state index contributed by atoms with van der Waals surface area (Å²) in [5, 5.41) is 0.609. The Morgan fingerprint density at radius 3 is 2.56 bits per heavy atom. The van der Waals surface area contributed by atoms with Crippen molar-refractivity contribution in [1.29, 1.82) is 0 Å². The Hall–Kier alpha value is -2.13. The molecule has 184 valence electrons.